The molecule has 0 amide bonds. The van der Waals surface area contributed by atoms with Gasteiger partial charge in [0.25, 0.3) is 5.82 Å². The number of rotatable bonds is 7. The van der Waals surface area contributed by atoms with E-state index in [9.17, 15) is 4.79 Å². The summed E-state index contributed by atoms with van der Waals surface area (Å²) in [6.07, 6.45) is 5.61. The first-order chi connectivity index (χ1) is 8.63. The topological polar surface area (TPSA) is 35.1 Å². The molecule has 0 N–H and O–H groups in total. The molecule has 0 aliphatic carbocycles. The largest absolute Gasteiger partial charge is 1.00 e. The normalized spacial score (nSPS) is 10.1. The van der Waals surface area contributed by atoms with Crippen molar-refractivity contribution in [1.29, 1.82) is 0 Å². The van der Waals surface area contributed by atoms with E-state index < -0.39 is 0 Å². The Morgan fingerprint density at radius 1 is 1.37 bits per heavy atom. The van der Waals surface area contributed by atoms with Crippen LogP contribution in [0, 0.1) is 6.92 Å². The van der Waals surface area contributed by atoms with Gasteiger partial charge in [-0.15, -0.1) is 0 Å². The van der Waals surface area contributed by atoms with Crippen LogP contribution < -0.4 is 28.5 Å². The molecule has 0 aliphatic rings. The maximum absolute atomic E-state index is 11.2. The number of hydrogen-bond acceptors (Lipinski definition) is 2. The number of nitrogens with zero attached hydrogens (tertiary/aromatic N) is 2. The number of carbonyl (C=O) groups excluding carboxylic acids is 1. The lowest BCUT2D eigenvalue weighted by atomic mass is 10.2. The summed E-state index contributed by atoms with van der Waals surface area (Å²) in [5.41, 5.74) is 1.23. The Kier molecular flexibility index (Phi) is 9.05. The van der Waals surface area contributed by atoms with E-state index in [1.54, 1.807) is 0 Å². The lowest BCUT2D eigenvalue weighted by molar-refractivity contribution is -0.702. The van der Waals surface area contributed by atoms with Crippen molar-refractivity contribution >= 4 is 5.97 Å². The molecular weight excluding hydrogens is 355 g/mol. The van der Waals surface area contributed by atoms with Crippen LogP contribution >= 0.6 is 0 Å². The van der Waals surface area contributed by atoms with Crippen LogP contribution in [0.4, 0.5) is 0 Å². The number of ether oxygens (including phenoxy) is 1. The van der Waals surface area contributed by atoms with Crippen LogP contribution in [-0.2, 0) is 29.0 Å². The third-order valence-electron chi connectivity index (χ3n) is 3.18. The summed E-state index contributed by atoms with van der Waals surface area (Å²) in [6.45, 7) is 8.55. The van der Waals surface area contributed by atoms with Gasteiger partial charge in [-0.2, -0.15) is 0 Å². The van der Waals surface area contributed by atoms with Crippen molar-refractivity contribution in [2.24, 2.45) is 0 Å². The molecule has 0 unspecified atom stereocenters. The second-order valence-electron chi connectivity index (χ2n) is 4.59. The number of carbonyl (C=O) groups is 1. The number of aryl methyl sites for hydroxylation is 2. The maximum Gasteiger partial charge on any atom is 0.305 e. The highest BCUT2D eigenvalue weighted by Gasteiger charge is 2.19. The van der Waals surface area contributed by atoms with E-state index in [1.165, 1.54) is 18.6 Å². The first kappa shape index (κ1) is 18.4. The molecule has 19 heavy (non-hydrogen) atoms. The van der Waals surface area contributed by atoms with Gasteiger partial charge in [0, 0.05) is 13.3 Å². The minimum absolute atomic E-state index is 0. The van der Waals surface area contributed by atoms with E-state index in [4.69, 9.17) is 4.74 Å². The fourth-order valence-corrected chi connectivity index (χ4v) is 2.23. The number of esters is 1. The lowest BCUT2D eigenvalue weighted by Gasteiger charge is -2.02. The summed E-state index contributed by atoms with van der Waals surface area (Å²) in [5, 5.41) is 0. The van der Waals surface area contributed by atoms with Crippen LogP contribution in [0.2, 0.25) is 0 Å². The van der Waals surface area contributed by atoms with Gasteiger partial charge in [-0.3, -0.25) is 4.79 Å². The Morgan fingerprint density at radius 3 is 2.58 bits per heavy atom. The summed E-state index contributed by atoms with van der Waals surface area (Å²) < 4.78 is 9.30. The van der Waals surface area contributed by atoms with Crippen molar-refractivity contribution in [2.75, 3.05) is 7.11 Å². The second kappa shape index (κ2) is 9.34. The fraction of sp³-hybridized carbons (Fsp3) is 0.714. The van der Waals surface area contributed by atoms with Crippen molar-refractivity contribution in [2.45, 2.75) is 59.5 Å². The van der Waals surface area contributed by atoms with E-state index >= 15 is 0 Å². The lowest BCUT2D eigenvalue weighted by Crippen LogP contribution is -3.00. The Hall–Kier alpha value is -0.590. The number of hydrogen-bond donors (Lipinski definition) is 0. The molecule has 110 valence electrons. The fourth-order valence-electron chi connectivity index (χ4n) is 2.23. The van der Waals surface area contributed by atoms with Gasteiger partial charge in [-0.05, 0) is 12.8 Å². The Bertz CT molecular complexity index is 402. The van der Waals surface area contributed by atoms with Gasteiger partial charge in [-0.1, -0.05) is 13.8 Å². The molecular formula is C14H25IN2O2. The summed E-state index contributed by atoms with van der Waals surface area (Å²) in [5.74, 6) is 1.14. The molecule has 0 aliphatic heterocycles. The number of imidazole rings is 1. The van der Waals surface area contributed by atoms with E-state index in [-0.39, 0.29) is 29.9 Å². The Labute approximate surface area is 133 Å². The maximum atomic E-state index is 11.2. The monoisotopic (exact) mass is 380 g/mol. The van der Waals surface area contributed by atoms with Crippen LogP contribution in [0.3, 0.4) is 0 Å². The molecule has 4 nitrogen and oxygen atoms in total. The molecule has 1 rings (SSSR count). The molecule has 0 radical (unpaired) electrons. The number of methoxy groups -OCH3 is 1. The zero-order valence-electron chi connectivity index (χ0n) is 12.4. The summed E-state index contributed by atoms with van der Waals surface area (Å²) in [7, 11) is 1.44. The van der Waals surface area contributed by atoms with E-state index in [1.807, 2.05) is 0 Å². The van der Waals surface area contributed by atoms with Gasteiger partial charge in [0.15, 0.2) is 0 Å². The van der Waals surface area contributed by atoms with E-state index in [0.29, 0.717) is 6.42 Å². The third-order valence-corrected chi connectivity index (χ3v) is 3.18. The molecule has 0 saturated heterocycles. The van der Waals surface area contributed by atoms with Gasteiger partial charge in [-0.25, -0.2) is 9.13 Å². The minimum Gasteiger partial charge on any atom is -1.00 e. The summed E-state index contributed by atoms with van der Waals surface area (Å²) in [6, 6.07) is 0. The minimum atomic E-state index is -0.140. The van der Waals surface area contributed by atoms with Crippen LogP contribution in [0.1, 0.15) is 44.6 Å². The molecule has 0 atom stereocenters. The van der Waals surface area contributed by atoms with Crippen molar-refractivity contribution in [3.63, 3.8) is 0 Å². The van der Waals surface area contributed by atoms with Crippen LogP contribution in [0.15, 0.2) is 6.20 Å². The molecule has 0 fully saturated rings. The van der Waals surface area contributed by atoms with Crippen molar-refractivity contribution < 1.29 is 38.1 Å². The smallest absolute Gasteiger partial charge is 0.305 e. The van der Waals surface area contributed by atoms with E-state index in [2.05, 4.69) is 36.1 Å². The van der Waals surface area contributed by atoms with Crippen LogP contribution in [0.5, 0.6) is 0 Å². The molecule has 0 saturated carbocycles. The van der Waals surface area contributed by atoms with Crippen LogP contribution in [-0.4, -0.2) is 17.6 Å². The molecule has 1 aromatic rings. The molecule has 1 heterocycles. The third kappa shape index (κ3) is 5.12. The zero-order valence-corrected chi connectivity index (χ0v) is 14.6. The van der Waals surface area contributed by atoms with Crippen molar-refractivity contribution in [3.05, 3.63) is 17.7 Å². The second-order valence-corrected chi connectivity index (χ2v) is 4.59. The summed E-state index contributed by atoms with van der Waals surface area (Å²) >= 11 is 0. The Morgan fingerprint density at radius 2 is 2.05 bits per heavy atom. The molecule has 0 bridgehead atoms. The molecule has 5 heteroatoms. The standard InChI is InChI=1S/C14H25N2O2.HI/c1-5-9-15-11-13(7-8-14(17)18-4)16(10-6-2)12(15)3;/h11H,5-10H2,1-4H3;1H/q+1;/p-1. The SMILES string of the molecule is CCCn1c(CCC(=O)OC)c[n+](CCC)c1C.[I-]. The van der Waals surface area contributed by atoms with Gasteiger partial charge >= 0.3 is 5.97 Å². The highest BCUT2D eigenvalue weighted by Crippen LogP contribution is 2.08. The van der Waals surface area contributed by atoms with E-state index in [0.717, 1.165) is 32.4 Å². The highest BCUT2D eigenvalue weighted by molar-refractivity contribution is 5.69. The number of aromatic nitrogens is 2. The van der Waals surface area contributed by atoms with Crippen LogP contribution in [0.25, 0.3) is 0 Å². The highest BCUT2D eigenvalue weighted by atomic mass is 127. The zero-order chi connectivity index (χ0) is 13.5. The molecule has 0 spiro atoms. The quantitative estimate of drug-likeness (QED) is 0.346. The van der Waals surface area contributed by atoms with Gasteiger partial charge < -0.3 is 28.7 Å². The summed E-state index contributed by atoms with van der Waals surface area (Å²) in [4.78, 5) is 11.2. The molecule has 1 aromatic heterocycles. The van der Waals surface area contributed by atoms with Gasteiger partial charge in [0.05, 0.1) is 26.6 Å². The first-order valence-corrected chi connectivity index (χ1v) is 6.79. The van der Waals surface area contributed by atoms with Gasteiger partial charge in [0.2, 0.25) is 0 Å². The predicted molar refractivity (Wildman–Crippen MR) is 70.3 cm³/mol. The average molecular weight is 380 g/mol. The predicted octanol–water partition coefficient (Wildman–Crippen LogP) is -0.986. The van der Waals surface area contributed by atoms with Crippen molar-refractivity contribution in [3.8, 4) is 0 Å². The molecule has 0 aromatic carbocycles. The average Bonchev–Trinajstić information content (AvgIpc) is 2.65. The van der Waals surface area contributed by atoms with Crippen molar-refractivity contribution in [1.82, 2.24) is 4.57 Å². The van der Waals surface area contributed by atoms with Gasteiger partial charge in [0.1, 0.15) is 11.9 Å². The first-order valence-electron chi connectivity index (χ1n) is 6.79. The Balaban J connectivity index is 0.00000324. The number of halogens is 1.